The molecule has 0 bridgehead atoms. The van der Waals surface area contributed by atoms with Gasteiger partial charge in [0.05, 0.1) is 24.4 Å². The molecular formula is C21H20N6O3S. The summed E-state index contributed by atoms with van der Waals surface area (Å²) in [6.07, 6.45) is 1.41. The summed E-state index contributed by atoms with van der Waals surface area (Å²) in [4.78, 5) is 18.1. The fourth-order valence-electron chi connectivity index (χ4n) is 3.47. The summed E-state index contributed by atoms with van der Waals surface area (Å²) in [5, 5.41) is 2.98. The van der Waals surface area contributed by atoms with Crippen molar-refractivity contribution in [1.82, 2.24) is 19.9 Å². The predicted molar refractivity (Wildman–Crippen MR) is 116 cm³/mol. The summed E-state index contributed by atoms with van der Waals surface area (Å²) in [6.45, 7) is 3.14. The zero-order valence-electron chi connectivity index (χ0n) is 16.5. The molecular weight excluding hydrogens is 416 g/mol. The number of benzene rings is 2. The van der Waals surface area contributed by atoms with E-state index < -0.39 is 9.84 Å². The van der Waals surface area contributed by atoms with Gasteiger partial charge in [0, 0.05) is 24.5 Å². The van der Waals surface area contributed by atoms with Crippen LogP contribution in [-0.2, 0) is 14.6 Å². The number of aromatic nitrogens is 4. The SMILES string of the molecule is O=S(=O)(c1ccccc1)c1nc(Nc2ccc(N3CCOCC3)cc2)nc2nc[nH]c12. The van der Waals surface area contributed by atoms with Gasteiger partial charge in [-0.2, -0.15) is 9.97 Å². The molecule has 2 aromatic carbocycles. The van der Waals surface area contributed by atoms with Gasteiger partial charge in [-0.25, -0.2) is 13.4 Å². The Labute approximate surface area is 179 Å². The lowest BCUT2D eigenvalue weighted by Crippen LogP contribution is -2.36. The highest BCUT2D eigenvalue weighted by Crippen LogP contribution is 2.27. The average Bonchev–Trinajstić information content (AvgIpc) is 3.29. The second-order valence-electron chi connectivity index (χ2n) is 7.04. The summed E-state index contributed by atoms with van der Waals surface area (Å²) in [5.74, 6) is 0.160. The third-order valence-corrected chi connectivity index (χ3v) is 6.76. The first kappa shape index (κ1) is 19.5. The second-order valence-corrected chi connectivity index (χ2v) is 8.91. The molecule has 10 heteroatoms. The lowest BCUT2D eigenvalue weighted by Gasteiger charge is -2.28. The Bertz CT molecular complexity index is 1300. The molecule has 4 aromatic rings. The largest absolute Gasteiger partial charge is 0.378 e. The van der Waals surface area contributed by atoms with Gasteiger partial charge < -0.3 is 19.9 Å². The van der Waals surface area contributed by atoms with Crippen molar-refractivity contribution in [3.63, 3.8) is 0 Å². The number of imidazole rings is 1. The minimum Gasteiger partial charge on any atom is -0.378 e. The number of aromatic amines is 1. The van der Waals surface area contributed by atoms with Crippen molar-refractivity contribution in [3.8, 4) is 0 Å². The Morgan fingerprint density at radius 2 is 1.71 bits per heavy atom. The summed E-state index contributed by atoms with van der Waals surface area (Å²) >= 11 is 0. The van der Waals surface area contributed by atoms with Crippen LogP contribution in [-0.4, -0.2) is 54.7 Å². The van der Waals surface area contributed by atoms with Gasteiger partial charge in [-0.3, -0.25) is 0 Å². The van der Waals surface area contributed by atoms with Crippen molar-refractivity contribution in [2.75, 3.05) is 36.5 Å². The molecule has 3 heterocycles. The minimum atomic E-state index is -3.85. The van der Waals surface area contributed by atoms with Crippen LogP contribution in [0.1, 0.15) is 0 Å². The third-order valence-electron chi connectivity index (χ3n) is 5.06. The molecule has 158 valence electrons. The molecule has 0 spiro atoms. The zero-order valence-corrected chi connectivity index (χ0v) is 17.3. The smallest absolute Gasteiger partial charge is 0.230 e. The van der Waals surface area contributed by atoms with Gasteiger partial charge in [-0.05, 0) is 36.4 Å². The Morgan fingerprint density at radius 1 is 0.968 bits per heavy atom. The molecule has 0 amide bonds. The van der Waals surface area contributed by atoms with E-state index in [4.69, 9.17) is 4.74 Å². The highest BCUT2D eigenvalue weighted by Gasteiger charge is 2.25. The van der Waals surface area contributed by atoms with Crippen LogP contribution in [0, 0.1) is 0 Å². The second kappa shape index (κ2) is 7.97. The number of H-pyrrole nitrogens is 1. The van der Waals surface area contributed by atoms with Gasteiger partial charge in [-0.1, -0.05) is 18.2 Å². The quantitative estimate of drug-likeness (QED) is 0.459. The molecule has 2 N–H and O–H groups in total. The molecule has 31 heavy (non-hydrogen) atoms. The van der Waals surface area contributed by atoms with E-state index in [0.29, 0.717) is 0 Å². The van der Waals surface area contributed by atoms with Gasteiger partial charge in [-0.15, -0.1) is 0 Å². The molecule has 0 radical (unpaired) electrons. The lowest BCUT2D eigenvalue weighted by atomic mass is 10.2. The molecule has 0 atom stereocenters. The lowest BCUT2D eigenvalue weighted by molar-refractivity contribution is 0.122. The minimum absolute atomic E-state index is 0.117. The average molecular weight is 436 g/mol. The number of rotatable bonds is 5. The maximum Gasteiger partial charge on any atom is 0.230 e. The monoisotopic (exact) mass is 436 g/mol. The molecule has 1 fully saturated rings. The predicted octanol–water partition coefficient (Wildman–Crippen LogP) is 2.77. The van der Waals surface area contributed by atoms with Crippen molar-refractivity contribution >= 4 is 38.3 Å². The molecule has 5 rings (SSSR count). The number of ether oxygens (including phenoxy) is 1. The highest BCUT2D eigenvalue weighted by atomic mass is 32.2. The van der Waals surface area contributed by atoms with Crippen molar-refractivity contribution in [1.29, 1.82) is 0 Å². The Balaban J connectivity index is 1.47. The number of hydrogen-bond donors (Lipinski definition) is 2. The molecule has 0 saturated carbocycles. The van der Waals surface area contributed by atoms with E-state index in [-0.39, 0.29) is 27.0 Å². The van der Waals surface area contributed by atoms with Crippen LogP contribution in [0.25, 0.3) is 11.2 Å². The number of morpholine rings is 1. The maximum atomic E-state index is 13.2. The topological polar surface area (TPSA) is 113 Å². The fraction of sp³-hybridized carbons (Fsp3) is 0.190. The molecule has 1 aliphatic heterocycles. The molecule has 0 unspecified atom stereocenters. The number of anilines is 3. The first-order valence-corrected chi connectivity index (χ1v) is 11.3. The van der Waals surface area contributed by atoms with Crippen molar-refractivity contribution < 1.29 is 13.2 Å². The van der Waals surface area contributed by atoms with Crippen LogP contribution >= 0.6 is 0 Å². The van der Waals surface area contributed by atoms with E-state index in [1.54, 1.807) is 18.2 Å². The van der Waals surface area contributed by atoms with E-state index >= 15 is 0 Å². The third kappa shape index (κ3) is 3.82. The van der Waals surface area contributed by atoms with Crippen LogP contribution in [0.2, 0.25) is 0 Å². The van der Waals surface area contributed by atoms with Crippen molar-refractivity contribution in [2.24, 2.45) is 0 Å². The van der Waals surface area contributed by atoms with Crippen LogP contribution in [0.4, 0.5) is 17.3 Å². The van der Waals surface area contributed by atoms with E-state index in [9.17, 15) is 8.42 Å². The van der Waals surface area contributed by atoms with E-state index in [1.807, 2.05) is 24.3 Å². The van der Waals surface area contributed by atoms with Gasteiger partial charge in [0.1, 0.15) is 5.52 Å². The molecule has 9 nitrogen and oxygen atoms in total. The summed E-state index contributed by atoms with van der Waals surface area (Å²) < 4.78 is 31.8. The Hall–Kier alpha value is -3.50. The van der Waals surface area contributed by atoms with Gasteiger partial charge in [0.25, 0.3) is 0 Å². The Morgan fingerprint density at radius 3 is 2.45 bits per heavy atom. The van der Waals surface area contributed by atoms with E-state index in [2.05, 4.69) is 30.2 Å². The summed E-state index contributed by atoms with van der Waals surface area (Å²) in [6, 6.07) is 16.0. The molecule has 0 aliphatic carbocycles. The zero-order chi connectivity index (χ0) is 21.3. The van der Waals surface area contributed by atoms with Crippen LogP contribution in [0.15, 0.2) is 70.8 Å². The first-order chi connectivity index (χ1) is 15.1. The number of nitrogens with one attached hydrogen (secondary N) is 2. The van der Waals surface area contributed by atoms with E-state index in [1.165, 1.54) is 18.5 Å². The fourth-order valence-corrected chi connectivity index (χ4v) is 4.84. The van der Waals surface area contributed by atoms with Crippen LogP contribution in [0.3, 0.4) is 0 Å². The van der Waals surface area contributed by atoms with E-state index in [0.717, 1.165) is 37.7 Å². The molecule has 1 saturated heterocycles. The van der Waals surface area contributed by atoms with Gasteiger partial charge in [0.15, 0.2) is 10.7 Å². The maximum absolute atomic E-state index is 13.2. The normalized spacial score (nSPS) is 14.6. The summed E-state index contributed by atoms with van der Waals surface area (Å²) in [7, 11) is -3.85. The molecule has 1 aliphatic rings. The van der Waals surface area contributed by atoms with Crippen molar-refractivity contribution in [2.45, 2.75) is 9.92 Å². The van der Waals surface area contributed by atoms with Gasteiger partial charge in [0.2, 0.25) is 15.8 Å². The number of fused-ring (bicyclic) bond motifs is 1. The molecule has 2 aromatic heterocycles. The van der Waals surface area contributed by atoms with Gasteiger partial charge >= 0.3 is 0 Å². The standard InChI is InChI=1S/C21H20N6O3S/c28-31(29,17-4-2-1-3-5-17)20-18-19(23-14-22-18)25-21(26-20)24-15-6-8-16(9-7-15)27-10-12-30-13-11-27/h1-9,14H,10-13H2,(H2,22,23,24,25,26). The summed E-state index contributed by atoms with van der Waals surface area (Å²) in [5.41, 5.74) is 2.40. The Kier molecular flexibility index (Phi) is 5.00. The number of nitrogens with zero attached hydrogens (tertiary/aromatic N) is 4. The number of sulfone groups is 1. The first-order valence-electron chi connectivity index (χ1n) is 9.82. The number of hydrogen-bond acceptors (Lipinski definition) is 8. The van der Waals surface area contributed by atoms with Crippen molar-refractivity contribution in [3.05, 3.63) is 60.9 Å². The highest BCUT2D eigenvalue weighted by molar-refractivity contribution is 7.91. The van der Waals surface area contributed by atoms with Crippen LogP contribution < -0.4 is 10.2 Å². The van der Waals surface area contributed by atoms with Crippen LogP contribution in [0.5, 0.6) is 0 Å².